The highest BCUT2D eigenvalue weighted by molar-refractivity contribution is 14.0. The zero-order valence-corrected chi connectivity index (χ0v) is 21.1. The summed E-state index contributed by atoms with van der Waals surface area (Å²) in [5.41, 5.74) is 0.616. The summed E-state index contributed by atoms with van der Waals surface area (Å²) >= 11 is 0. The molecule has 0 heterocycles. The van der Waals surface area contributed by atoms with E-state index in [1.165, 1.54) is 0 Å². The summed E-state index contributed by atoms with van der Waals surface area (Å²) in [5, 5.41) is 9.07. The molecule has 0 spiro atoms. The number of hydrogen-bond donors (Lipinski definition) is 3. The van der Waals surface area contributed by atoms with Gasteiger partial charge in [-0.2, -0.15) is 0 Å². The first-order chi connectivity index (χ1) is 13.8. The van der Waals surface area contributed by atoms with Crippen LogP contribution in [0.25, 0.3) is 0 Å². The summed E-state index contributed by atoms with van der Waals surface area (Å²) in [5.74, 6) is 1.56. The highest BCUT2D eigenvalue weighted by Gasteiger charge is 2.15. The van der Waals surface area contributed by atoms with Crippen LogP contribution in [0.5, 0.6) is 5.75 Å². The monoisotopic (exact) mass is 536 g/mol. The van der Waals surface area contributed by atoms with E-state index in [0.717, 1.165) is 24.3 Å². The summed E-state index contributed by atoms with van der Waals surface area (Å²) in [6.45, 7) is 11.1. The van der Waals surface area contributed by atoms with E-state index < -0.39 is 11.7 Å². The van der Waals surface area contributed by atoms with Crippen LogP contribution in [0.1, 0.15) is 39.7 Å². The van der Waals surface area contributed by atoms with Crippen LogP contribution in [-0.4, -0.2) is 57.5 Å². The fourth-order valence-corrected chi connectivity index (χ4v) is 2.27. The Bertz CT molecular complexity index is 618. The molecular weight excluding hydrogens is 499 g/mol. The summed E-state index contributed by atoms with van der Waals surface area (Å²) in [7, 11) is 1.65. The summed E-state index contributed by atoms with van der Waals surface area (Å²) in [4.78, 5) is 16.1. The molecule has 0 bridgehead atoms. The maximum Gasteiger partial charge on any atom is 0.407 e. The molecule has 0 saturated carbocycles. The van der Waals surface area contributed by atoms with Gasteiger partial charge < -0.3 is 30.2 Å². The molecule has 172 valence electrons. The van der Waals surface area contributed by atoms with Gasteiger partial charge in [-0.05, 0) is 51.8 Å². The Labute approximate surface area is 197 Å². The lowest BCUT2D eigenvalue weighted by atomic mass is 10.2. The van der Waals surface area contributed by atoms with E-state index in [2.05, 4.69) is 20.9 Å². The first-order valence-corrected chi connectivity index (χ1v) is 10.0. The Morgan fingerprint density at radius 1 is 1.07 bits per heavy atom. The number of methoxy groups -OCH3 is 1. The van der Waals surface area contributed by atoms with Gasteiger partial charge in [-0.3, -0.25) is 4.99 Å². The lowest BCUT2D eigenvalue weighted by Crippen LogP contribution is -2.42. The molecule has 1 rings (SSSR count). The maximum absolute atomic E-state index is 11.6. The molecule has 1 aromatic rings. The number of amides is 1. The number of hydrogen-bond acceptors (Lipinski definition) is 5. The van der Waals surface area contributed by atoms with E-state index in [1.807, 2.05) is 52.0 Å². The average Bonchev–Trinajstić information content (AvgIpc) is 2.66. The van der Waals surface area contributed by atoms with E-state index in [0.29, 0.717) is 38.8 Å². The summed E-state index contributed by atoms with van der Waals surface area (Å²) < 4.78 is 16.0. The molecule has 0 atom stereocenters. The SMILES string of the molecule is CCNC(=NCCCOCc1ccc(OC)cc1)NCCNC(=O)OC(C)(C)C.I. The average molecular weight is 536 g/mol. The van der Waals surface area contributed by atoms with Crippen molar-refractivity contribution in [1.82, 2.24) is 16.0 Å². The lowest BCUT2D eigenvalue weighted by Gasteiger charge is -2.19. The van der Waals surface area contributed by atoms with Gasteiger partial charge in [-0.1, -0.05) is 12.1 Å². The molecule has 0 fully saturated rings. The van der Waals surface area contributed by atoms with Gasteiger partial charge in [-0.25, -0.2) is 4.79 Å². The molecule has 0 aliphatic carbocycles. The largest absolute Gasteiger partial charge is 0.497 e. The molecule has 1 amide bonds. The smallest absolute Gasteiger partial charge is 0.407 e. The fourth-order valence-electron chi connectivity index (χ4n) is 2.27. The molecule has 9 heteroatoms. The van der Waals surface area contributed by atoms with Gasteiger partial charge in [0.15, 0.2) is 5.96 Å². The molecule has 8 nitrogen and oxygen atoms in total. The third-order valence-corrected chi connectivity index (χ3v) is 3.57. The number of aliphatic imine (C=N–C) groups is 1. The Morgan fingerprint density at radius 2 is 1.73 bits per heavy atom. The van der Waals surface area contributed by atoms with Crippen molar-refractivity contribution < 1.29 is 19.0 Å². The van der Waals surface area contributed by atoms with Crippen molar-refractivity contribution in [3.8, 4) is 5.75 Å². The van der Waals surface area contributed by atoms with Crippen LogP contribution in [-0.2, 0) is 16.1 Å². The van der Waals surface area contributed by atoms with Crippen molar-refractivity contribution in [2.75, 3.05) is 39.9 Å². The van der Waals surface area contributed by atoms with Crippen LogP contribution < -0.4 is 20.7 Å². The Balaban J connectivity index is 0.00000841. The predicted molar refractivity (Wildman–Crippen MR) is 131 cm³/mol. The van der Waals surface area contributed by atoms with Crippen molar-refractivity contribution >= 4 is 36.0 Å². The molecular formula is C21H37IN4O4. The molecule has 0 unspecified atom stereocenters. The second-order valence-corrected chi connectivity index (χ2v) is 7.37. The number of carbonyl (C=O) groups is 1. The molecule has 3 N–H and O–H groups in total. The zero-order valence-electron chi connectivity index (χ0n) is 18.7. The summed E-state index contributed by atoms with van der Waals surface area (Å²) in [6.07, 6.45) is 0.401. The van der Waals surface area contributed by atoms with E-state index in [9.17, 15) is 4.79 Å². The third-order valence-electron chi connectivity index (χ3n) is 3.57. The van der Waals surface area contributed by atoms with Crippen molar-refractivity contribution in [2.24, 2.45) is 4.99 Å². The highest BCUT2D eigenvalue weighted by atomic mass is 127. The van der Waals surface area contributed by atoms with Gasteiger partial charge in [0.25, 0.3) is 0 Å². The van der Waals surface area contributed by atoms with Crippen LogP contribution >= 0.6 is 24.0 Å². The molecule has 0 radical (unpaired) electrons. The van der Waals surface area contributed by atoms with Crippen LogP contribution in [0, 0.1) is 0 Å². The molecule has 0 aliphatic rings. The first kappa shape index (κ1) is 28.2. The Kier molecular flexibility index (Phi) is 15.1. The van der Waals surface area contributed by atoms with Gasteiger partial charge in [0.2, 0.25) is 0 Å². The number of benzene rings is 1. The first-order valence-electron chi connectivity index (χ1n) is 10.0. The van der Waals surface area contributed by atoms with Gasteiger partial charge in [0.1, 0.15) is 11.4 Å². The number of halogens is 1. The number of guanidine groups is 1. The number of nitrogens with zero attached hydrogens (tertiary/aromatic N) is 1. The van der Waals surface area contributed by atoms with Crippen molar-refractivity contribution in [2.45, 2.75) is 46.3 Å². The van der Waals surface area contributed by atoms with E-state index in [4.69, 9.17) is 14.2 Å². The number of ether oxygens (including phenoxy) is 3. The molecule has 0 saturated heterocycles. The van der Waals surface area contributed by atoms with Gasteiger partial charge >= 0.3 is 6.09 Å². The van der Waals surface area contributed by atoms with Gasteiger partial charge in [-0.15, -0.1) is 24.0 Å². The van der Waals surface area contributed by atoms with Crippen LogP contribution in [0.3, 0.4) is 0 Å². The minimum absolute atomic E-state index is 0. The Morgan fingerprint density at radius 3 is 2.33 bits per heavy atom. The number of alkyl carbamates (subject to hydrolysis) is 1. The normalized spacial score (nSPS) is 11.3. The third kappa shape index (κ3) is 14.3. The maximum atomic E-state index is 11.6. The molecule has 30 heavy (non-hydrogen) atoms. The van der Waals surface area contributed by atoms with Gasteiger partial charge in [0.05, 0.1) is 13.7 Å². The predicted octanol–water partition coefficient (Wildman–Crippen LogP) is 3.30. The van der Waals surface area contributed by atoms with E-state index in [1.54, 1.807) is 7.11 Å². The lowest BCUT2D eigenvalue weighted by molar-refractivity contribution is 0.0529. The quantitative estimate of drug-likeness (QED) is 0.174. The van der Waals surface area contributed by atoms with Crippen molar-refractivity contribution in [3.05, 3.63) is 29.8 Å². The minimum Gasteiger partial charge on any atom is -0.497 e. The summed E-state index contributed by atoms with van der Waals surface area (Å²) in [6, 6.07) is 7.84. The van der Waals surface area contributed by atoms with Crippen LogP contribution in [0.15, 0.2) is 29.3 Å². The zero-order chi connectivity index (χ0) is 21.5. The van der Waals surface area contributed by atoms with Gasteiger partial charge in [0, 0.05) is 32.8 Å². The second-order valence-electron chi connectivity index (χ2n) is 7.37. The van der Waals surface area contributed by atoms with Crippen LogP contribution in [0.4, 0.5) is 4.79 Å². The second kappa shape index (κ2) is 16.0. The topological polar surface area (TPSA) is 93.2 Å². The highest BCUT2D eigenvalue weighted by Crippen LogP contribution is 2.11. The number of rotatable bonds is 11. The number of carbonyl (C=O) groups excluding carboxylic acids is 1. The van der Waals surface area contributed by atoms with E-state index >= 15 is 0 Å². The standard InChI is InChI=1S/C21H36N4O4.HI/c1-6-22-19(24-13-14-25-20(26)29-21(2,3)4)23-12-7-15-28-16-17-8-10-18(27-5)11-9-17;/h8-11H,6-7,12-16H2,1-5H3,(H,25,26)(H2,22,23,24);1H. The van der Waals surface area contributed by atoms with Crippen LogP contribution in [0.2, 0.25) is 0 Å². The van der Waals surface area contributed by atoms with E-state index in [-0.39, 0.29) is 24.0 Å². The van der Waals surface area contributed by atoms with Crippen molar-refractivity contribution in [1.29, 1.82) is 0 Å². The minimum atomic E-state index is -0.497. The molecule has 0 aliphatic heterocycles. The van der Waals surface area contributed by atoms with Crippen molar-refractivity contribution in [3.63, 3.8) is 0 Å². The Hall–Kier alpha value is -1.75. The number of nitrogens with one attached hydrogen (secondary N) is 3. The molecule has 1 aromatic carbocycles. The molecule has 0 aromatic heterocycles. The fraction of sp³-hybridized carbons (Fsp3) is 0.619.